The normalized spacial score (nSPS) is 22.3. The van der Waals surface area contributed by atoms with E-state index in [1.807, 2.05) is 20.8 Å². The van der Waals surface area contributed by atoms with Crippen molar-refractivity contribution in [1.29, 1.82) is 0 Å². The van der Waals surface area contributed by atoms with Gasteiger partial charge in [0.2, 0.25) is 0 Å². The minimum atomic E-state index is -0.458. The van der Waals surface area contributed by atoms with Crippen molar-refractivity contribution in [3.05, 3.63) is 35.7 Å². The zero-order valence-electron chi connectivity index (χ0n) is 21.9. The molecule has 1 aromatic carbocycles. The molecule has 198 valence electrons. The van der Waals surface area contributed by atoms with Crippen molar-refractivity contribution >= 4 is 23.4 Å². The van der Waals surface area contributed by atoms with Crippen LogP contribution in [0.5, 0.6) is 5.75 Å². The molecule has 1 N–H and O–H groups in total. The molecule has 2 aromatic rings. The van der Waals surface area contributed by atoms with E-state index in [2.05, 4.69) is 43.3 Å². The van der Waals surface area contributed by atoms with Crippen LogP contribution in [0.15, 0.2) is 24.5 Å². The second kappa shape index (κ2) is 9.64. The molecule has 4 aliphatic heterocycles. The number of hydrogen-bond acceptors (Lipinski definition) is 9. The second-order valence-corrected chi connectivity index (χ2v) is 11.3. The predicted molar refractivity (Wildman–Crippen MR) is 140 cm³/mol. The molecule has 1 aromatic heterocycles. The van der Waals surface area contributed by atoms with Gasteiger partial charge in [-0.05, 0) is 57.4 Å². The summed E-state index contributed by atoms with van der Waals surface area (Å²) in [5.41, 5.74) is 2.77. The summed E-state index contributed by atoms with van der Waals surface area (Å²) in [7, 11) is 0. The van der Waals surface area contributed by atoms with E-state index in [4.69, 9.17) is 14.2 Å². The molecule has 4 aliphatic rings. The minimum absolute atomic E-state index is 0.211. The summed E-state index contributed by atoms with van der Waals surface area (Å²) in [5.74, 6) is 2.99. The quantitative estimate of drug-likeness (QED) is 0.670. The summed E-state index contributed by atoms with van der Waals surface area (Å²) in [4.78, 5) is 28.0. The standard InChI is InChI=1S/C27H36N6O4/c1-27(2,3)37-26(34)33-14-20(15-33)32-7-6-19(13-32)18-4-5-23-22(12-18)30-24-21(16-36-23)25(29-17-28-24)31-8-10-35-11-9-31/h4-5,12,17,19-20H,6-11,13-16H2,1-3H3,(H,28,29,30)/t19-/m0/s1. The number of anilines is 3. The van der Waals surface area contributed by atoms with Gasteiger partial charge in [0.1, 0.15) is 35.9 Å². The first-order valence-corrected chi connectivity index (χ1v) is 13.3. The summed E-state index contributed by atoms with van der Waals surface area (Å²) in [6, 6.07) is 6.87. The summed E-state index contributed by atoms with van der Waals surface area (Å²) < 4.78 is 17.2. The van der Waals surface area contributed by atoms with Crippen LogP contribution in [-0.2, 0) is 16.1 Å². The number of carbonyl (C=O) groups excluding carboxylic acids is 1. The Bertz CT molecular complexity index is 1160. The third kappa shape index (κ3) is 5.04. The molecule has 1 amide bonds. The van der Waals surface area contributed by atoms with Gasteiger partial charge in [-0.1, -0.05) is 6.07 Å². The summed E-state index contributed by atoms with van der Waals surface area (Å²) in [6.45, 7) is 12.7. The predicted octanol–water partition coefficient (Wildman–Crippen LogP) is 3.36. The lowest BCUT2D eigenvalue weighted by Gasteiger charge is -2.44. The van der Waals surface area contributed by atoms with Crippen molar-refractivity contribution in [2.75, 3.05) is 62.7 Å². The van der Waals surface area contributed by atoms with Gasteiger partial charge in [-0.25, -0.2) is 14.8 Å². The molecule has 3 fully saturated rings. The lowest BCUT2D eigenvalue weighted by molar-refractivity contribution is -0.0114. The van der Waals surface area contributed by atoms with E-state index in [0.29, 0.717) is 31.8 Å². The fraction of sp³-hybridized carbons (Fsp3) is 0.593. The SMILES string of the molecule is CC(C)(C)OC(=O)N1CC(N2CC[C@H](c3ccc4c(c3)Nc3ncnc(N5CCOCC5)c3CO4)C2)C1. The Balaban J connectivity index is 1.11. The fourth-order valence-corrected chi connectivity index (χ4v) is 5.55. The third-order valence-corrected chi connectivity index (χ3v) is 7.58. The van der Waals surface area contributed by atoms with Crippen LogP contribution in [0.4, 0.5) is 22.1 Å². The molecule has 0 radical (unpaired) electrons. The third-order valence-electron chi connectivity index (χ3n) is 7.58. The summed E-state index contributed by atoms with van der Waals surface area (Å²) >= 11 is 0. The number of rotatable bonds is 3. The van der Waals surface area contributed by atoms with Gasteiger partial charge in [-0.2, -0.15) is 0 Å². The van der Waals surface area contributed by atoms with Gasteiger partial charge >= 0.3 is 6.09 Å². The molecule has 0 spiro atoms. The maximum Gasteiger partial charge on any atom is 0.410 e. The van der Waals surface area contributed by atoms with Crippen molar-refractivity contribution in [3.63, 3.8) is 0 Å². The Morgan fingerprint density at radius 1 is 1.11 bits per heavy atom. The Hall–Kier alpha value is -3.11. The molecule has 3 saturated heterocycles. The van der Waals surface area contributed by atoms with E-state index in [0.717, 1.165) is 74.3 Å². The number of benzene rings is 1. The highest BCUT2D eigenvalue weighted by Crippen LogP contribution is 2.39. The Kier molecular flexibility index (Phi) is 6.32. The van der Waals surface area contributed by atoms with Crippen molar-refractivity contribution in [2.24, 2.45) is 0 Å². The molecule has 10 heteroatoms. The Morgan fingerprint density at radius 3 is 2.70 bits per heavy atom. The monoisotopic (exact) mass is 508 g/mol. The number of likely N-dealkylation sites (tertiary alicyclic amines) is 2. The summed E-state index contributed by atoms with van der Waals surface area (Å²) in [6.07, 6.45) is 2.51. The molecule has 37 heavy (non-hydrogen) atoms. The molecule has 0 saturated carbocycles. The van der Waals surface area contributed by atoms with E-state index in [1.54, 1.807) is 11.2 Å². The van der Waals surface area contributed by atoms with Crippen molar-refractivity contribution in [3.8, 4) is 5.75 Å². The number of carbonyl (C=O) groups is 1. The number of aromatic nitrogens is 2. The van der Waals surface area contributed by atoms with E-state index < -0.39 is 5.60 Å². The van der Waals surface area contributed by atoms with Gasteiger partial charge < -0.3 is 29.3 Å². The van der Waals surface area contributed by atoms with Gasteiger partial charge in [0.05, 0.1) is 24.5 Å². The lowest BCUT2D eigenvalue weighted by Crippen LogP contribution is -2.61. The average Bonchev–Trinajstić information content (AvgIpc) is 3.23. The lowest BCUT2D eigenvalue weighted by atomic mass is 9.97. The van der Waals surface area contributed by atoms with E-state index in [1.165, 1.54) is 5.56 Å². The minimum Gasteiger partial charge on any atom is -0.486 e. The first-order valence-electron chi connectivity index (χ1n) is 13.3. The molecular formula is C27H36N6O4. The van der Waals surface area contributed by atoms with Crippen LogP contribution in [-0.4, -0.2) is 90.0 Å². The Labute approximate surface area is 217 Å². The molecule has 1 atom stereocenters. The number of fused-ring (bicyclic) bond motifs is 2. The van der Waals surface area contributed by atoms with Gasteiger partial charge in [-0.3, -0.25) is 4.90 Å². The maximum absolute atomic E-state index is 12.3. The average molecular weight is 509 g/mol. The zero-order valence-corrected chi connectivity index (χ0v) is 21.9. The van der Waals surface area contributed by atoms with Crippen LogP contribution in [0.1, 0.15) is 44.2 Å². The van der Waals surface area contributed by atoms with Crippen LogP contribution in [0.2, 0.25) is 0 Å². The molecule has 6 rings (SSSR count). The van der Waals surface area contributed by atoms with Crippen LogP contribution in [0, 0.1) is 0 Å². The van der Waals surface area contributed by atoms with Crippen LogP contribution in [0.25, 0.3) is 0 Å². The maximum atomic E-state index is 12.3. The van der Waals surface area contributed by atoms with Crippen molar-refractivity contribution in [2.45, 2.75) is 51.4 Å². The summed E-state index contributed by atoms with van der Waals surface area (Å²) in [5, 5.41) is 3.53. The smallest absolute Gasteiger partial charge is 0.410 e. The van der Waals surface area contributed by atoms with Crippen molar-refractivity contribution < 1.29 is 19.0 Å². The number of nitrogens with one attached hydrogen (secondary N) is 1. The van der Waals surface area contributed by atoms with Gasteiger partial charge in [0.25, 0.3) is 0 Å². The highest BCUT2D eigenvalue weighted by molar-refractivity contribution is 5.72. The molecule has 5 heterocycles. The van der Waals surface area contributed by atoms with E-state index in [9.17, 15) is 4.79 Å². The van der Waals surface area contributed by atoms with Gasteiger partial charge in [0.15, 0.2) is 0 Å². The Morgan fingerprint density at radius 2 is 1.92 bits per heavy atom. The molecule has 0 aliphatic carbocycles. The second-order valence-electron chi connectivity index (χ2n) is 11.3. The molecule has 0 bridgehead atoms. The van der Waals surface area contributed by atoms with Crippen LogP contribution >= 0.6 is 0 Å². The number of amides is 1. The molecular weight excluding hydrogens is 472 g/mol. The fourth-order valence-electron chi connectivity index (χ4n) is 5.55. The molecule has 0 unspecified atom stereocenters. The van der Waals surface area contributed by atoms with E-state index >= 15 is 0 Å². The highest BCUT2D eigenvalue weighted by atomic mass is 16.6. The number of ether oxygens (including phenoxy) is 3. The topological polar surface area (TPSA) is 92.3 Å². The number of nitrogens with zero attached hydrogens (tertiary/aromatic N) is 5. The zero-order chi connectivity index (χ0) is 25.6. The first-order chi connectivity index (χ1) is 17.8. The van der Waals surface area contributed by atoms with Gasteiger partial charge in [0, 0.05) is 38.8 Å². The van der Waals surface area contributed by atoms with Crippen molar-refractivity contribution in [1.82, 2.24) is 19.8 Å². The first kappa shape index (κ1) is 24.2. The van der Waals surface area contributed by atoms with Gasteiger partial charge in [-0.15, -0.1) is 0 Å². The van der Waals surface area contributed by atoms with Crippen LogP contribution in [0.3, 0.4) is 0 Å². The van der Waals surface area contributed by atoms with Crippen LogP contribution < -0.4 is 15.0 Å². The number of morpholine rings is 1. The highest BCUT2D eigenvalue weighted by Gasteiger charge is 2.40. The largest absolute Gasteiger partial charge is 0.486 e. The molecule has 10 nitrogen and oxygen atoms in total. The van der Waals surface area contributed by atoms with E-state index in [-0.39, 0.29) is 6.09 Å². The number of hydrogen-bond donors (Lipinski definition) is 1.